The van der Waals surface area contributed by atoms with E-state index in [1.165, 1.54) is 16.3 Å². The van der Waals surface area contributed by atoms with Crippen molar-refractivity contribution in [3.05, 3.63) is 61.3 Å². The number of hydrogen-bond donors (Lipinski definition) is 1. The van der Waals surface area contributed by atoms with Gasteiger partial charge in [-0.15, -0.1) is 10.2 Å². The van der Waals surface area contributed by atoms with Crippen LogP contribution in [0.5, 0.6) is 0 Å². The molecule has 0 unspecified atom stereocenters. The van der Waals surface area contributed by atoms with Crippen LogP contribution in [0, 0.1) is 0 Å². The lowest BCUT2D eigenvalue weighted by atomic mass is 10.2. The van der Waals surface area contributed by atoms with Gasteiger partial charge in [-0.25, -0.2) is 9.78 Å². The first-order chi connectivity index (χ1) is 17.0. The smallest absolute Gasteiger partial charge is 0.325 e. The fourth-order valence-corrected chi connectivity index (χ4v) is 5.25. The quantitative estimate of drug-likeness (QED) is 0.328. The van der Waals surface area contributed by atoms with E-state index in [1.807, 2.05) is 42.5 Å². The molecule has 5 rings (SSSR count). The highest BCUT2D eigenvalue weighted by Crippen LogP contribution is 2.25. The summed E-state index contributed by atoms with van der Waals surface area (Å²) in [4.78, 5) is 45.1. The topological polar surface area (TPSA) is 125 Å². The largest absolute Gasteiger partial charge is 0.330 e. The number of hydrogen-bond acceptors (Lipinski definition) is 7. The minimum atomic E-state index is -0.452. The first kappa shape index (κ1) is 23.1. The number of nitrogens with one attached hydrogen (secondary N) is 1. The highest BCUT2D eigenvalue weighted by atomic mass is 32.2. The van der Waals surface area contributed by atoms with Crippen LogP contribution in [0.2, 0.25) is 0 Å². The summed E-state index contributed by atoms with van der Waals surface area (Å²) in [5.41, 5.74) is 0.507. The standard InChI is InChI=1S/C23H26N8O3S/c1-4-6-12-29-18-17(19(32)25-22(29)34)28(3)16(24-18)13-35-23-27-26-21-30(11-5-2)20(33)14-9-7-8-10-15(14)31(21)23/h7-10H,4-6,11-13H2,1-3H3,(H,25,32,34). The lowest BCUT2D eigenvalue weighted by Crippen LogP contribution is -2.31. The number of nitrogens with zero attached hydrogens (tertiary/aromatic N) is 7. The Labute approximate surface area is 203 Å². The van der Waals surface area contributed by atoms with Gasteiger partial charge in [0, 0.05) is 20.1 Å². The van der Waals surface area contributed by atoms with Crippen LogP contribution in [0.3, 0.4) is 0 Å². The van der Waals surface area contributed by atoms with Gasteiger partial charge < -0.3 is 4.57 Å². The van der Waals surface area contributed by atoms with Gasteiger partial charge in [-0.3, -0.25) is 28.1 Å². The third kappa shape index (κ3) is 3.77. The summed E-state index contributed by atoms with van der Waals surface area (Å²) in [6.45, 7) is 5.08. The molecule has 0 aliphatic rings. The molecule has 0 amide bonds. The van der Waals surface area contributed by atoms with Gasteiger partial charge in [-0.05, 0) is 25.0 Å². The number of aromatic amines is 1. The molecule has 12 heteroatoms. The van der Waals surface area contributed by atoms with E-state index in [0.29, 0.717) is 52.2 Å². The lowest BCUT2D eigenvalue weighted by molar-refractivity contribution is 0.613. The zero-order valence-electron chi connectivity index (χ0n) is 19.8. The van der Waals surface area contributed by atoms with Crippen molar-refractivity contribution >= 4 is 39.6 Å². The van der Waals surface area contributed by atoms with E-state index in [9.17, 15) is 14.4 Å². The van der Waals surface area contributed by atoms with Crippen molar-refractivity contribution in [3.63, 3.8) is 0 Å². The van der Waals surface area contributed by atoms with Crippen LogP contribution < -0.4 is 16.8 Å². The molecule has 1 aromatic carbocycles. The fraction of sp³-hybridized carbons (Fsp3) is 0.391. The van der Waals surface area contributed by atoms with E-state index >= 15 is 0 Å². The van der Waals surface area contributed by atoms with Gasteiger partial charge in [0.1, 0.15) is 5.82 Å². The van der Waals surface area contributed by atoms with Gasteiger partial charge in [-0.2, -0.15) is 0 Å². The van der Waals surface area contributed by atoms with Crippen molar-refractivity contribution < 1.29 is 0 Å². The number of rotatable bonds is 8. The van der Waals surface area contributed by atoms with Crippen LogP contribution in [0.1, 0.15) is 38.9 Å². The second-order valence-electron chi connectivity index (χ2n) is 8.40. The highest BCUT2D eigenvalue weighted by molar-refractivity contribution is 7.98. The Balaban J connectivity index is 1.60. The summed E-state index contributed by atoms with van der Waals surface area (Å²) in [5.74, 6) is 1.52. The number of benzene rings is 1. The van der Waals surface area contributed by atoms with Gasteiger partial charge >= 0.3 is 5.69 Å². The minimum absolute atomic E-state index is 0.0847. The van der Waals surface area contributed by atoms with Gasteiger partial charge in [0.05, 0.1) is 16.7 Å². The predicted octanol–water partition coefficient (Wildman–Crippen LogP) is 2.28. The number of aryl methyl sites for hydroxylation is 3. The normalized spacial score (nSPS) is 11.9. The van der Waals surface area contributed by atoms with Crippen molar-refractivity contribution in [2.75, 3.05) is 0 Å². The Morgan fingerprint density at radius 2 is 1.80 bits per heavy atom. The highest BCUT2D eigenvalue weighted by Gasteiger charge is 2.19. The number of unbranched alkanes of at least 4 members (excludes halogenated alkanes) is 1. The predicted molar refractivity (Wildman–Crippen MR) is 135 cm³/mol. The van der Waals surface area contributed by atoms with Crippen LogP contribution >= 0.6 is 11.8 Å². The van der Waals surface area contributed by atoms with E-state index in [0.717, 1.165) is 24.8 Å². The maximum Gasteiger partial charge on any atom is 0.330 e. The van der Waals surface area contributed by atoms with E-state index in [4.69, 9.17) is 0 Å². The first-order valence-corrected chi connectivity index (χ1v) is 12.6. The zero-order valence-corrected chi connectivity index (χ0v) is 20.6. The van der Waals surface area contributed by atoms with Crippen LogP contribution in [-0.4, -0.2) is 38.3 Å². The molecule has 0 atom stereocenters. The number of aromatic nitrogens is 8. The molecule has 4 heterocycles. The number of thioether (sulfide) groups is 1. The summed E-state index contributed by atoms with van der Waals surface area (Å²) in [6.07, 6.45) is 2.51. The Morgan fingerprint density at radius 1 is 1.00 bits per heavy atom. The minimum Gasteiger partial charge on any atom is -0.325 e. The third-order valence-corrected chi connectivity index (χ3v) is 7.02. The Hall–Kier alpha value is -3.67. The van der Waals surface area contributed by atoms with E-state index < -0.39 is 11.2 Å². The molecule has 0 bridgehead atoms. The summed E-state index contributed by atoms with van der Waals surface area (Å²) in [7, 11) is 1.77. The second-order valence-corrected chi connectivity index (χ2v) is 9.35. The Morgan fingerprint density at radius 3 is 2.57 bits per heavy atom. The molecule has 0 spiro atoms. The Kier molecular flexibility index (Phi) is 6.05. The molecule has 5 aromatic rings. The van der Waals surface area contributed by atoms with Gasteiger partial charge in [0.25, 0.3) is 11.1 Å². The maximum atomic E-state index is 13.0. The first-order valence-electron chi connectivity index (χ1n) is 11.6. The molecule has 35 heavy (non-hydrogen) atoms. The summed E-state index contributed by atoms with van der Waals surface area (Å²) in [6, 6.07) is 7.42. The average Bonchev–Trinajstić information content (AvgIpc) is 3.41. The van der Waals surface area contributed by atoms with Crippen LogP contribution in [0.4, 0.5) is 0 Å². The van der Waals surface area contributed by atoms with Crippen molar-refractivity contribution in [1.29, 1.82) is 0 Å². The fourth-order valence-electron chi connectivity index (χ4n) is 4.33. The molecular formula is C23H26N8O3S. The number of H-pyrrole nitrogens is 1. The third-order valence-electron chi connectivity index (χ3n) is 6.10. The maximum absolute atomic E-state index is 13.0. The van der Waals surface area contributed by atoms with Crippen LogP contribution in [0.15, 0.2) is 43.8 Å². The van der Waals surface area contributed by atoms with Crippen LogP contribution in [-0.2, 0) is 25.9 Å². The molecule has 0 aliphatic carbocycles. The molecule has 0 fully saturated rings. The summed E-state index contributed by atoms with van der Waals surface area (Å²) >= 11 is 1.41. The SMILES string of the molecule is CCCCn1c(=O)[nH]c(=O)c2c1nc(CSc1nnc3n(CCC)c(=O)c4ccccc4n13)n2C. The van der Waals surface area contributed by atoms with Gasteiger partial charge in [-0.1, -0.05) is 44.2 Å². The monoisotopic (exact) mass is 494 g/mol. The van der Waals surface area contributed by atoms with Gasteiger partial charge in [0.15, 0.2) is 16.3 Å². The molecular weight excluding hydrogens is 468 g/mol. The average molecular weight is 495 g/mol. The summed E-state index contributed by atoms with van der Waals surface area (Å²) < 4.78 is 6.79. The zero-order chi connectivity index (χ0) is 24.7. The number of fused-ring (bicyclic) bond motifs is 4. The van der Waals surface area contributed by atoms with Gasteiger partial charge in [0.2, 0.25) is 5.78 Å². The number of imidazole rings is 1. The lowest BCUT2D eigenvalue weighted by Gasteiger charge is -2.10. The van der Waals surface area contributed by atoms with E-state index in [-0.39, 0.29) is 5.56 Å². The summed E-state index contributed by atoms with van der Waals surface area (Å²) in [5, 5.41) is 9.92. The van der Waals surface area contributed by atoms with E-state index in [1.54, 1.807) is 16.2 Å². The molecule has 0 saturated carbocycles. The van der Waals surface area contributed by atoms with Crippen molar-refractivity contribution in [2.24, 2.45) is 7.05 Å². The van der Waals surface area contributed by atoms with Crippen LogP contribution in [0.25, 0.3) is 27.8 Å². The Bertz CT molecular complexity index is 1740. The molecule has 4 aromatic heterocycles. The van der Waals surface area contributed by atoms with Crippen molar-refractivity contribution in [2.45, 2.75) is 57.1 Å². The van der Waals surface area contributed by atoms with Crippen molar-refractivity contribution in [1.82, 2.24) is 38.3 Å². The second kappa shape index (κ2) is 9.17. The van der Waals surface area contributed by atoms with E-state index in [2.05, 4.69) is 20.2 Å². The molecule has 182 valence electrons. The molecule has 1 N–H and O–H groups in total. The molecule has 0 aliphatic heterocycles. The van der Waals surface area contributed by atoms with Crippen molar-refractivity contribution in [3.8, 4) is 0 Å². The molecule has 0 radical (unpaired) electrons. The molecule has 0 saturated heterocycles. The molecule has 11 nitrogen and oxygen atoms in total. The number of para-hydroxylation sites is 1.